The van der Waals surface area contributed by atoms with Gasteiger partial charge in [-0.2, -0.15) is 0 Å². The summed E-state index contributed by atoms with van der Waals surface area (Å²) in [6.45, 7) is 6.62. The third kappa shape index (κ3) is 5.16. The van der Waals surface area contributed by atoms with Crippen molar-refractivity contribution in [2.75, 3.05) is 20.2 Å². The minimum Gasteiger partial charge on any atom is -0.497 e. The van der Waals surface area contributed by atoms with Gasteiger partial charge >= 0.3 is 0 Å². The molecule has 5 nitrogen and oxygen atoms in total. The van der Waals surface area contributed by atoms with E-state index in [1.165, 1.54) is 0 Å². The van der Waals surface area contributed by atoms with Crippen LogP contribution in [-0.2, 0) is 11.3 Å². The maximum absolute atomic E-state index is 13.2. The zero-order valence-electron chi connectivity index (χ0n) is 18.5. The molecule has 0 spiro atoms. The Bertz CT molecular complexity index is 946. The first-order valence-electron chi connectivity index (χ1n) is 11.0. The smallest absolute Gasteiger partial charge is 0.224 e. The second-order valence-electron chi connectivity index (χ2n) is 9.20. The van der Waals surface area contributed by atoms with E-state index in [9.17, 15) is 4.79 Å². The lowest BCUT2D eigenvalue weighted by atomic mass is 9.88. The van der Waals surface area contributed by atoms with Gasteiger partial charge in [0.25, 0.3) is 0 Å². The normalized spacial score (nSPS) is 22.8. The molecule has 1 saturated heterocycles. The minimum absolute atomic E-state index is 0.0242. The highest BCUT2D eigenvalue weighted by Crippen LogP contribution is 2.41. The topological polar surface area (TPSA) is 50.8 Å². The predicted octanol–water partition coefficient (Wildman–Crippen LogP) is 4.98. The molecule has 0 unspecified atom stereocenters. The van der Waals surface area contributed by atoms with Crippen LogP contribution in [0.5, 0.6) is 11.5 Å². The third-order valence-electron chi connectivity index (χ3n) is 6.22. The number of hydrogen-bond acceptors (Lipinski definition) is 4. The molecule has 1 amide bonds. The number of fused-ring (bicyclic) bond motifs is 1. The van der Waals surface area contributed by atoms with E-state index in [-0.39, 0.29) is 23.5 Å². The molecule has 2 atom stereocenters. The molecule has 2 aliphatic heterocycles. The maximum Gasteiger partial charge on any atom is 0.224 e. The van der Waals surface area contributed by atoms with Crippen LogP contribution >= 0.6 is 11.6 Å². The van der Waals surface area contributed by atoms with Gasteiger partial charge in [0.15, 0.2) is 0 Å². The highest BCUT2D eigenvalue weighted by Gasteiger charge is 2.36. The fraction of sp³-hybridized carbons (Fsp3) is 0.480. The minimum atomic E-state index is -0.361. The Labute approximate surface area is 189 Å². The number of carbonyl (C=O) groups is 1. The number of rotatable bonds is 5. The first-order chi connectivity index (χ1) is 14.8. The number of carbonyl (C=O) groups excluding carboxylic acids is 1. The number of nitrogens with one attached hydrogen (secondary N) is 1. The van der Waals surface area contributed by atoms with Gasteiger partial charge in [0.1, 0.15) is 17.1 Å². The van der Waals surface area contributed by atoms with E-state index in [2.05, 4.69) is 30.1 Å². The van der Waals surface area contributed by atoms with Gasteiger partial charge in [-0.15, -0.1) is 0 Å². The van der Waals surface area contributed by atoms with E-state index in [1.54, 1.807) is 7.11 Å². The average molecular weight is 443 g/mol. The number of methoxy groups -OCH3 is 1. The van der Waals surface area contributed by atoms with Crippen molar-refractivity contribution < 1.29 is 14.3 Å². The van der Waals surface area contributed by atoms with Crippen molar-refractivity contribution in [3.63, 3.8) is 0 Å². The fourth-order valence-electron chi connectivity index (χ4n) is 4.66. The van der Waals surface area contributed by atoms with Gasteiger partial charge in [-0.25, -0.2) is 0 Å². The Morgan fingerprint density at radius 3 is 2.87 bits per heavy atom. The standard InChI is InChI=1S/C25H31ClN2O3/c1-25(2)14-22(20-11-10-19(30-3)13-23(20)31-25)27-24(29)18-8-6-12-28(16-18)15-17-7-4-5-9-21(17)26/h4-5,7,9-11,13,18,22H,6,8,12,14-16H2,1-3H3,(H,27,29)/t18-,22-/m0/s1. The van der Waals surface area contributed by atoms with E-state index in [0.29, 0.717) is 0 Å². The molecule has 4 rings (SSSR count). The van der Waals surface area contributed by atoms with Crippen LogP contribution in [0.2, 0.25) is 5.02 Å². The fourth-order valence-corrected chi connectivity index (χ4v) is 4.85. The second-order valence-corrected chi connectivity index (χ2v) is 9.60. The van der Waals surface area contributed by atoms with Crippen molar-refractivity contribution in [3.8, 4) is 11.5 Å². The number of nitrogens with zero attached hydrogens (tertiary/aromatic N) is 1. The second kappa shape index (κ2) is 9.09. The third-order valence-corrected chi connectivity index (χ3v) is 6.59. The summed E-state index contributed by atoms with van der Waals surface area (Å²) >= 11 is 6.34. The van der Waals surface area contributed by atoms with Crippen LogP contribution in [0.25, 0.3) is 0 Å². The predicted molar refractivity (Wildman–Crippen MR) is 123 cm³/mol. The summed E-state index contributed by atoms with van der Waals surface area (Å²) in [5, 5.41) is 4.10. The first kappa shape index (κ1) is 22.0. The molecule has 2 heterocycles. The van der Waals surface area contributed by atoms with Crippen molar-refractivity contribution >= 4 is 17.5 Å². The summed E-state index contributed by atoms with van der Waals surface area (Å²) in [4.78, 5) is 15.6. The Kier molecular flexibility index (Phi) is 6.44. The lowest BCUT2D eigenvalue weighted by molar-refractivity contribution is -0.128. The summed E-state index contributed by atoms with van der Waals surface area (Å²) in [7, 11) is 1.65. The molecular formula is C25H31ClN2O3. The number of likely N-dealkylation sites (tertiary alicyclic amines) is 1. The van der Waals surface area contributed by atoms with Crippen molar-refractivity contribution in [2.45, 2.75) is 51.3 Å². The number of amides is 1. The van der Waals surface area contributed by atoms with E-state index in [4.69, 9.17) is 21.1 Å². The number of hydrogen-bond donors (Lipinski definition) is 1. The van der Waals surface area contributed by atoms with Crippen molar-refractivity contribution in [1.82, 2.24) is 10.2 Å². The Hall–Kier alpha value is -2.24. The largest absolute Gasteiger partial charge is 0.497 e. The number of piperidine rings is 1. The zero-order chi connectivity index (χ0) is 22.0. The number of halogens is 1. The SMILES string of the molecule is COc1ccc2c(c1)OC(C)(C)C[C@@H]2NC(=O)[C@H]1CCCN(Cc2ccccc2Cl)C1. The molecule has 0 saturated carbocycles. The average Bonchev–Trinajstić information content (AvgIpc) is 2.74. The van der Waals surface area contributed by atoms with E-state index in [1.807, 2.05) is 36.4 Å². The van der Waals surface area contributed by atoms with Crippen LogP contribution in [0.3, 0.4) is 0 Å². The molecule has 2 aromatic carbocycles. The quantitative estimate of drug-likeness (QED) is 0.709. The van der Waals surface area contributed by atoms with E-state index >= 15 is 0 Å². The molecular weight excluding hydrogens is 412 g/mol. The van der Waals surface area contributed by atoms with Crippen LogP contribution in [0.4, 0.5) is 0 Å². The van der Waals surface area contributed by atoms with Crippen LogP contribution in [0, 0.1) is 5.92 Å². The van der Waals surface area contributed by atoms with Gasteiger partial charge in [0, 0.05) is 36.2 Å². The molecule has 0 radical (unpaired) electrons. The van der Waals surface area contributed by atoms with Gasteiger partial charge in [-0.3, -0.25) is 9.69 Å². The Morgan fingerprint density at radius 1 is 1.29 bits per heavy atom. The highest BCUT2D eigenvalue weighted by atomic mass is 35.5. The summed E-state index contributed by atoms with van der Waals surface area (Å²) in [6.07, 6.45) is 2.65. The molecule has 1 N–H and O–H groups in total. The first-order valence-corrected chi connectivity index (χ1v) is 11.4. The Balaban J connectivity index is 1.44. The van der Waals surface area contributed by atoms with Gasteiger partial charge in [-0.05, 0) is 57.0 Å². The van der Waals surface area contributed by atoms with E-state index in [0.717, 1.165) is 66.5 Å². The van der Waals surface area contributed by atoms with Gasteiger partial charge < -0.3 is 14.8 Å². The van der Waals surface area contributed by atoms with Crippen LogP contribution < -0.4 is 14.8 Å². The number of ether oxygens (including phenoxy) is 2. The number of benzene rings is 2. The van der Waals surface area contributed by atoms with Crippen LogP contribution in [-0.4, -0.2) is 36.6 Å². The van der Waals surface area contributed by atoms with Crippen LogP contribution in [0.15, 0.2) is 42.5 Å². The molecule has 166 valence electrons. The molecule has 2 aromatic rings. The molecule has 2 aliphatic rings. The molecule has 1 fully saturated rings. The summed E-state index contributed by atoms with van der Waals surface area (Å²) < 4.78 is 11.5. The highest BCUT2D eigenvalue weighted by molar-refractivity contribution is 6.31. The van der Waals surface area contributed by atoms with Crippen LogP contribution in [0.1, 0.15) is 50.3 Å². The van der Waals surface area contributed by atoms with Gasteiger partial charge in [0.05, 0.1) is 19.1 Å². The molecule has 6 heteroatoms. The lowest BCUT2D eigenvalue weighted by Crippen LogP contribution is -2.46. The van der Waals surface area contributed by atoms with E-state index < -0.39 is 0 Å². The lowest BCUT2D eigenvalue weighted by Gasteiger charge is -2.39. The summed E-state index contributed by atoms with van der Waals surface area (Å²) in [6, 6.07) is 13.7. The molecule has 0 bridgehead atoms. The van der Waals surface area contributed by atoms with Gasteiger partial charge in [0.2, 0.25) is 5.91 Å². The molecule has 0 aromatic heterocycles. The zero-order valence-corrected chi connectivity index (χ0v) is 19.2. The van der Waals surface area contributed by atoms with Gasteiger partial charge in [-0.1, -0.05) is 29.8 Å². The molecule has 31 heavy (non-hydrogen) atoms. The summed E-state index contributed by atoms with van der Waals surface area (Å²) in [5.41, 5.74) is 1.76. The molecule has 0 aliphatic carbocycles. The monoisotopic (exact) mass is 442 g/mol. The summed E-state index contributed by atoms with van der Waals surface area (Å²) in [5.74, 6) is 1.63. The van der Waals surface area contributed by atoms with Crippen molar-refractivity contribution in [3.05, 3.63) is 58.6 Å². The van der Waals surface area contributed by atoms with Crippen molar-refractivity contribution in [1.29, 1.82) is 0 Å². The maximum atomic E-state index is 13.2. The Morgan fingerprint density at radius 2 is 2.10 bits per heavy atom. The van der Waals surface area contributed by atoms with Crippen molar-refractivity contribution in [2.24, 2.45) is 5.92 Å².